The summed E-state index contributed by atoms with van der Waals surface area (Å²) in [7, 11) is 0. The Hall–Kier alpha value is -3.72. The number of hydrogen-bond donors (Lipinski definition) is 1. The van der Waals surface area contributed by atoms with E-state index in [2.05, 4.69) is 10.3 Å². The second-order valence-electron chi connectivity index (χ2n) is 7.84. The number of nitrogens with one attached hydrogen (secondary N) is 1. The lowest BCUT2D eigenvalue weighted by Gasteiger charge is -2.17. The van der Waals surface area contributed by atoms with E-state index in [4.69, 9.17) is 4.42 Å². The largest absolute Gasteiger partial charge is 0.439 e. The topological polar surface area (TPSA) is 78.7 Å². The highest BCUT2D eigenvalue weighted by molar-refractivity contribution is 7.18. The van der Waals surface area contributed by atoms with Gasteiger partial charge in [-0.2, -0.15) is 0 Å². The fourth-order valence-corrected chi connectivity index (χ4v) is 4.91. The lowest BCUT2D eigenvalue weighted by atomic mass is 10.2. The van der Waals surface area contributed by atoms with Crippen molar-refractivity contribution in [2.24, 2.45) is 0 Å². The second kappa shape index (κ2) is 8.67. The maximum Gasteiger partial charge on any atom is 0.325 e. The molecule has 3 amide bonds. The van der Waals surface area contributed by atoms with Crippen LogP contribution in [0.15, 0.2) is 59.0 Å². The van der Waals surface area contributed by atoms with Gasteiger partial charge in [0.15, 0.2) is 5.58 Å². The Labute approximate surface area is 193 Å². The molecule has 33 heavy (non-hydrogen) atoms. The van der Waals surface area contributed by atoms with Crippen molar-refractivity contribution in [1.82, 2.24) is 15.2 Å². The fourth-order valence-electron chi connectivity index (χ4n) is 3.80. The number of carbonyl (C=O) groups excluding carboxylic acids is 2. The first-order chi connectivity index (χ1) is 16.0. The highest BCUT2D eigenvalue weighted by atomic mass is 32.1. The number of anilines is 1. The van der Waals surface area contributed by atoms with Gasteiger partial charge < -0.3 is 14.6 Å². The Kier molecular flexibility index (Phi) is 5.55. The van der Waals surface area contributed by atoms with Gasteiger partial charge in [-0.25, -0.2) is 14.2 Å². The van der Waals surface area contributed by atoms with Crippen LogP contribution in [0.1, 0.15) is 26.7 Å². The van der Waals surface area contributed by atoms with Crippen LogP contribution in [0.4, 0.5) is 14.2 Å². The quantitative estimate of drug-likeness (QED) is 0.448. The molecule has 0 atom stereocenters. The number of amides is 3. The predicted octanol–water partition coefficient (Wildman–Crippen LogP) is 4.71. The average molecular weight is 465 g/mol. The fraction of sp³-hybridized carbons (Fsp3) is 0.208. The Bertz CT molecular complexity index is 1300. The molecule has 2 aromatic carbocycles. The SMILES string of the molecule is Cc1cc(N2CCN(Cc3ccc(F)cc3)C2=O)sc1C(=O)NCc1nc2ccccc2o1. The number of para-hydroxylation sites is 2. The Morgan fingerprint density at radius 3 is 2.76 bits per heavy atom. The van der Waals surface area contributed by atoms with Gasteiger partial charge in [-0.1, -0.05) is 24.3 Å². The zero-order valence-electron chi connectivity index (χ0n) is 17.9. The Morgan fingerprint density at radius 2 is 1.97 bits per heavy atom. The molecule has 1 aliphatic heterocycles. The van der Waals surface area contributed by atoms with Gasteiger partial charge in [-0.3, -0.25) is 9.69 Å². The van der Waals surface area contributed by atoms with Gasteiger partial charge in [-0.15, -0.1) is 11.3 Å². The van der Waals surface area contributed by atoms with E-state index < -0.39 is 0 Å². The van der Waals surface area contributed by atoms with Gasteiger partial charge in [-0.05, 0) is 48.4 Å². The maximum absolute atomic E-state index is 13.1. The molecular formula is C24H21FN4O3S. The number of rotatable bonds is 6. The van der Waals surface area contributed by atoms with Crippen LogP contribution < -0.4 is 10.2 Å². The van der Waals surface area contributed by atoms with Gasteiger partial charge in [0.1, 0.15) is 16.3 Å². The lowest BCUT2D eigenvalue weighted by molar-refractivity contribution is 0.0951. The molecule has 4 aromatic rings. The molecule has 0 saturated carbocycles. The molecule has 1 fully saturated rings. The predicted molar refractivity (Wildman–Crippen MR) is 124 cm³/mol. The van der Waals surface area contributed by atoms with Crippen molar-refractivity contribution < 1.29 is 18.4 Å². The van der Waals surface area contributed by atoms with Crippen LogP contribution in [-0.2, 0) is 13.1 Å². The zero-order chi connectivity index (χ0) is 22.9. The summed E-state index contributed by atoms with van der Waals surface area (Å²) in [6, 6.07) is 15.3. The number of thiophene rings is 1. The molecule has 168 valence electrons. The van der Waals surface area contributed by atoms with Crippen LogP contribution in [0, 0.1) is 12.7 Å². The van der Waals surface area contributed by atoms with Crippen molar-refractivity contribution >= 4 is 39.4 Å². The van der Waals surface area contributed by atoms with Gasteiger partial charge in [0.25, 0.3) is 5.91 Å². The number of benzene rings is 2. The monoisotopic (exact) mass is 464 g/mol. The highest BCUT2D eigenvalue weighted by Gasteiger charge is 2.31. The molecule has 1 N–H and O–H groups in total. The number of fused-ring (bicyclic) bond motifs is 1. The smallest absolute Gasteiger partial charge is 0.325 e. The third-order valence-electron chi connectivity index (χ3n) is 5.50. The first-order valence-corrected chi connectivity index (χ1v) is 11.3. The number of hydrogen-bond acceptors (Lipinski definition) is 5. The molecule has 9 heteroatoms. The van der Waals surface area contributed by atoms with E-state index in [1.54, 1.807) is 21.9 Å². The maximum atomic E-state index is 13.1. The molecule has 0 radical (unpaired) electrons. The number of aromatic nitrogens is 1. The molecular weight excluding hydrogens is 443 g/mol. The first kappa shape index (κ1) is 21.1. The number of urea groups is 1. The Balaban J connectivity index is 1.24. The van der Waals surface area contributed by atoms with Crippen molar-refractivity contribution in [3.05, 3.63) is 82.3 Å². The normalized spacial score (nSPS) is 13.8. The third-order valence-corrected chi connectivity index (χ3v) is 6.76. The van der Waals surface area contributed by atoms with E-state index in [-0.39, 0.29) is 24.3 Å². The van der Waals surface area contributed by atoms with E-state index in [0.717, 1.165) is 21.6 Å². The summed E-state index contributed by atoms with van der Waals surface area (Å²) in [5.41, 5.74) is 3.09. The standard InChI is InChI=1S/C24H21FN4O3S/c1-15-12-21(29-11-10-28(24(29)31)14-16-6-8-17(25)9-7-16)33-22(15)23(30)26-13-20-27-18-4-2-3-5-19(18)32-20/h2-9,12H,10-11,13-14H2,1H3,(H,26,30). The molecule has 5 rings (SSSR count). The van der Waals surface area contributed by atoms with Gasteiger partial charge >= 0.3 is 6.03 Å². The van der Waals surface area contributed by atoms with E-state index in [1.807, 2.05) is 37.3 Å². The molecule has 2 aromatic heterocycles. The summed E-state index contributed by atoms with van der Waals surface area (Å²) >= 11 is 1.28. The van der Waals surface area contributed by atoms with Crippen molar-refractivity contribution in [3.63, 3.8) is 0 Å². The average Bonchev–Trinajstić information content (AvgIpc) is 3.50. The summed E-state index contributed by atoms with van der Waals surface area (Å²) in [6.45, 7) is 3.54. The van der Waals surface area contributed by atoms with Crippen molar-refractivity contribution in [1.29, 1.82) is 0 Å². The second-order valence-corrected chi connectivity index (χ2v) is 8.87. The molecule has 7 nitrogen and oxygen atoms in total. The number of halogens is 1. The minimum atomic E-state index is -0.302. The molecule has 0 spiro atoms. The molecule has 0 bridgehead atoms. The van der Waals surface area contributed by atoms with Crippen molar-refractivity contribution in [2.45, 2.75) is 20.0 Å². The molecule has 0 unspecified atom stereocenters. The van der Waals surface area contributed by atoms with Crippen molar-refractivity contribution in [3.8, 4) is 0 Å². The van der Waals surface area contributed by atoms with E-state index in [0.29, 0.717) is 36.0 Å². The van der Waals surface area contributed by atoms with Gasteiger partial charge in [0, 0.05) is 19.6 Å². The summed E-state index contributed by atoms with van der Waals surface area (Å²) < 4.78 is 18.8. The minimum absolute atomic E-state index is 0.126. The summed E-state index contributed by atoms with van der Waals surface area (Å²) in [6.07, 6.45) is 0. The number of aryl methyl sites for hydroxylation is 1. The van der Waals surface area contributed by atoms with Gasteiger partial charge in [0.05, 0.1) is 11.4 Å². The highest BCUT2D eigenvalue weighted by Crippen LogP contribution is 2.32. The Morgan fingerprint density at radius 1 is 1.18 bits per heavy atom. The number of oxazole rings is 1. The van der Waals surface area contributed by atoms with Crippen LogP contribution >= 0.6 is 11.3 Å². The summed E-state index contributed by atoms with van der Waals surface area (Å²) in [4.78, 5) is 34.0. The van der Waals surface area contributed by atoms with Crippen molar-refractivity contribution in [2.75, 3.05) is 18.0 Å². The molecule has 1 saturated heterocycles. The molecule has 3 heterocycles. The third kappa shape index (κ3) is 4.31. The van der Waals surface area contributed by atoms with E-state index >= 15 is 0 Å². The number of carbonyl (C=O) groups is 2. The van der Waals surface area contributed by atoms with Crippen LogP contribution in [0.3, 0.4) is 0 Å². The van der Waals surface area contributed by atoms with Crippen LogP contribution in [-0.4, -0.2) is 34.9 Å². The van der Waals surface area contributed by atoms with Crippen LogP contribution in [0.25, 0.3) is 11.1 Å². The van der Waals surface area contributed by atoms with Crippen LogP contribution in [0.2, 0.25) is 0 Å². The lowest BCUT2D eigenvalue weighted by Crippen LogP contribution is -2.31. The van der Waals surface area contributed by atoms with Crippen LogP contribution in [0.5, 0.6) is 0 Å². The van der Waals surface area contributed by atoms with E-state index in [1.165, 1.54) is 23.5 Å². The molecule has 1 aliphatic rings. The first-order valence-electron chi connectivity index (χ1n) is 10.5. The minimum Gasteiger partial charge on any atom is -0.439 e. The van der Waals surface area contributed by atoms with Gasteiger partial charge in [0.2, 0.25) is 5.89 Å². The summed E-state index contributed by atoms with van der Waals surface area (Å²) in [5.74, 6) is -0.102. The number of nitrogens with zero attached hydrogens (tertiary/aromatic N) is 3. The molecule has 0 aliphatic carbocycles. The summed E-state index contributed by atoms with van der Waals surface area (Å²) in [5, 5.41) is 3.58. The van der Waals surface area contributed by atoms with E-state index in [9.17, 15) is 14.0 Å². The zero-order valence-corrected chi connectivity index (χ0v) is 18.7.